The Labute approximate surface area is 151 Å². The predicted molar refractivity (Wildman–Crippen MR) is 97.6 cm³/mol. The molecule has 0 atom stereocenters. The largest absolute Gasteiger partial charge is 0.466 e. The molecule has 0 bridgehead atoms. The van der Waals surface area contributed by atoms with Gasteiger partial charge in [0.15, 0.2) is 0 Å². The maximum absolute atomic E-state index is 13.3. The zero-order valence-corrected chi connectivity index (χ0v) is 14.6. The molecule has 0 spiro atoms. The van der Waals surface area contributed by atoms with Crippen molar-refractivity contribution in [1.82, 2.24) is 5.10 Å². The zero-order chi connectivity index (χ0) is 18.5. The van der Waals surface area contributed by atoms with Crippen molar-refractivity contribution in [3.8, 4) is 11.3 Å². The van der Waals surface area contributed by atoms with Gasteiger partial charge in [-0.15, -0.1) is 4.68 Å². The van der Waals surface area contributed by atoms with E-state index in [9.17, 15) is 9.18 Å². The van der Waals surface area contributed by atoms with Crippen molar-refractivity contribution in [2.45, 2.75) is 26.3 Å². The second-order valence-corrected chi connectivity index (χ2v) is 5.92. The molecule has 0 aliphatic carbocycles. The maximum Gasteiger partial charge on any atom is 0.305 e. The molecule has 0 aliphatic rings. The van der Waals surface area contributed by atoms with Crippen molar-refractivity contribution >= 4 is 22.6 Å². The summed E-state index contributed by atoms with van der Waals surface area (Å²) < 4.78 is 19.9. The van der Waals surface area contributed by atoms with Crippen molar-refractivity contribution in [3.63, 3.8) is 0 Å². The number of hydrogen-bond donors (Lipinski definition) is 1. The Bertz CT molecular complexity index is 926. The number of aromatic nitrogens is 2. The number of anilines is 1. The first-order chi connectivity index (χ1) is 12.6. The van der Waals surface area contributed by atoms with Crippen LogP contribution in [0, 0.1) is 5.82 Å². The molecule has 0 fully saturated rings. The number of aryl methyl sites for hydroxylation is 1. The van der Waals surface area contributed by atoms with Crippen molar-refractivity contribution in [2.75, 3.05) is 12.3 Å². The number of nitrogens with zero attached hydrogens (tertiary/aromatic N) is 2. The number of fused-ring (bicyclic) bond motifs is 1. The van der Waals surface area contributed by atoms with Gasteiger partial charge in [-0.3, -0.25) is 10.5 Å². The molecule has 5 nitrogen and oxygen atoms in total. The lowest BCUT2D eigenvalue weighted by Crippen LogP contribution is -2.42. The van der Waals surface area contributed by atoms with Crippen LogP contribution in [-0.4, -0.2) is 17.7 Å². The normalized spacial score (nSPS) is 10.8. The number of halogens is 1. The summed E-state index contributed by atoms with van der Waals surface area (Å²) >= 11 is 0. The van der Waals surface area contributed by atoms with Crippen molar-refractivity contribution < 1.29 is 18.6 Å². The van der Waals surface area contributed by atoms with Gasteiger partial charge in [0.05, 0.1) is 12.0 Å². The summed E-state index contributed by atoms with van der Waals surface area (Å²) in [7, 11) is 0. The Morgan fingerprint density at radius 2 is 1.85 bits per heavy atom. The van der Waals surface area contributed by atoms with E-state index in [4.69, 9.17) is 10.5 Å². The van der Waals surface area contributed by atoms with Gasteiger partial charge >= 0.3 is 11.8 Å². The van der Waals surface area contributed by atoms with Crippen LogP contribution in [0.1, 0.15) is 19.8 Å². The molecule has 0 saturated heterocycles. The molecule has 26 heavy (non-hydrogen) atoms. The van der Waals surface area contributed by atoms with Gasteiger partial charge in [-0.2, -0.15) is 0 Å². The van der Waals surface area contributed by atoms with Crippen LogP contribution >= 0.6 is 0 Å². The average molecular weight is 354 g/mol. The van der Waals surface area contributed by atoms with E-state index in [-0.39, 0.29) is 11.8 Å². The van der Waals surface area contributed by atoms with E-state index in [1.165, 1.54) is 12.1 Å². The number of carbonyl (C=O) groups is 1. The molecule has 0 radical (unpaired) electrons. The van der Waals surface area contributed by atoms with Gasteiger partial charge in [0, 0.05) is 17.4 Å². The summed E-state index contributed by atoms with van der Waals surface area (Å²) in [4.78, 5) is 11.5. The number of carbonyl (C=O) groups excluding carboxylic acids is 1. The van der Waals surface area contributed by atoms with Crippen LogP contribution in [0.4, 0.5) is 10.2 Å². The minimum absolute atomic E-state index is 0.230. The maximum atomic E-state index is 13.3. The summed E-state index contributed by atoms with van der Waals surface area (Å²) in [6.45, 7) is 2.64. The highest BCUT2D eigenvalue weighted by Crippen LogP contribution is 2.28. The van der Waals surface area contributed by atoms with E-state index >= 15 is 0 Å². The summed E-state index contributed by atoms with van der Waals surface area (Å²) in [5.41, 5.74) is 7.82. The van der Waals surface area contributed by atoms with Gasteiger partial charge in [0.2, 0.25) is 0 Å². The Morgan fingerprint density at radius 1 is 1.15 bits per heavy atom. The molecule has 2 aromatic carbocycles. The average Bonchev–Trinajstić information content (AvgIpc) is 2.65. The highest BCUT2D eigenvalue weighted by molar-refractivity contribution is 5.98. The van der Waals surface area contributed by atoms with Crippen LogP contribution < -0.4 is 10.4 Å². The van der Waals surface area contributed by atoms with E-state index in [2.05, 4.69) is 5.10 Å². The minimum Gasteiger partial charge on any atom is -0.466 e. The molecule has 3 aromatic rings. The molecule has 0 unspecified atom stereocenters. The Morgan fingerprint density at radius 3 is 2.54 bits per heavy atom. The molecular formula is C20H21FN3O2+. The fourth-order valence-corrected chi connectivity index (χ4v) is 2.88. The molecule has 1 aromatic heterocycles. The van der Waals surface area contributed by atoms with Crippen molar-refractivity contribution in [3.05, 3.63) is 54.3 Å². The van der Waals surface area contributed by atoms with E-state index in [1.54, 1.807) is 23.7 Å². The van der Waals surface area contributed by atoms with E-state index < -0.39 is 0 Å². The lowest BCUT2D eigenvalue weighted by atomic mass is 10.0. The standard InChI is InChI=1S/C20H20FN3O2/c1-2-26-18(25)8-5-13-24-20(22)17-7-4-3-6-16(17)19(23-24)14-9-11-15(21)12-10-14/h3-4,6-7,9-12,22H,2,5,8,13H2,1H3/p+1. The van der Waals surface area contributed by atoms with E-state index in [1.807, 2.05) is 24.3 Å². The molecule has 134 valence electrons. The summed E-state index contributed by atoms with van der Waals surface area (Å²) in [5.74, 6) is 0.0114. The fourth-order valence-electron chi connectivity index (χ4n) is 2.88. The van der Waals surface area contributed by atoms with Gasteiger partial charge in [-0.05, 0) is 43.7 Å². The third kappa shape index (κ3) is 3.79. The van der Waals surface area contributed by atoms with Gasteiger partial charge < -0.3 is 4.74 Å². The van der Waals surface area contributed by atoms with Gasteiger partial charge in [-0.25, -0.2) is 4.39 Å². The third-order valence-electron chi connectivity index (χ3n) is 4.13. The van der Waals surface area contributed by atoms with Crippen molar-refractivity contribution in [1.29, 1.82) is 0 Å². The second kappa shape index (κ2) is 7.91. The van der Waals surface area contributed by atoms with Gasteiger partial charge in [-0.1, -0.05) is 23.3 Å². The van der Waals surface area contributed by atoms with Gasteiger partial charge in [0.1, 0.15) is 18.1 Å². The lowest BCUT2D eigenvalue weighted by Gasteiger charge is -2.10. The fraction of sp³-hybridized carbons (Fsp3) is 0.250. The number of ether oxygens (including phenoxy) is 1. The Balaban J connectivity index is 1.97. The summed E-state index contributed by atoms with van der Waals surface area (Å²) in [6.07, 6.45) is 0.878. The molecule has 6 heteroatoms. The Kier molecular flexibility index (Phi) is 5.41. The molecule has 1 heterocycles. The van der Waals surface area contributed by atoms with Crippen LogP contribution in [0.15, 0.2) is 48.5 Å². The summed E-state index contributed by atoms with van der Waals surface area (Å²) in [5, 5.41) is 6.43. The first-order valence-corrected chi connectivity index (χ1v) is 8.60. The third-order valence-corrected chi connectivity index (χ3v) is 4.13. The van der Waals surface area contributed by atoms with Crippen LogP contribution in [0.3, 0.4) is 0 Å². The number of nitrogens with two attached hydrogens (primary N) is 1. The van der Waals surface area contributed by atoms with Crippen LogP contribution in [0.25, 0.3) is 22.0 Å². The lowest BCUT2D eigenvalue weighted by molar-refractivity contribution is -0.738. The first kappa shape index (κ1) is 17.8. The monoisotopic (exact) mass is 354 g/mol. The van der Waals surface area contributed by atoms with Crippen molar-refractivity contribution in [2.24, 2.45) is 0 Å². The zero-order valence-electron chi connectivity index (χ0n) is 14.6. The van der Waals surface area contributed by atoms with E-state index in [0.717, 1.165) is 22.0 Å². The van der Waals surface area contributed by atoms with Crippen LogP contribution in [0.2, 0.25) is 0 Å². The predicted octanol–water partition coefficient (Wildman–Crippen LogP) is 3.25. The van der Waals surface area contributed by atoms with Gasteiger partial charge in [0.25, 0.3) is 0 Å². The molecule has 0 amide bonds. The first-order valence-electron chi connectivity index (χ1n) is 8.60. The second-order valence-electron chi connectivity index (χ2n) is 5.92. The molecule has 0 aliphatic heterocycles. The summed E-state index contributed by atoms with van der Waals surface area (Å²) in [6, 6.07) is 13.9. The SMILES string of the molecule is CCOC(=O)CCC[n+]1nc(-c2ccc(F)cc2)c2ccccc2c1N. The Hall–Kier alpha value is -3.02. The highest BCUT2D eigenvalue weighted by Gasteiger charge is 2.18. The van der Waals surface area contributed by atoms with Crippen LogP contribution in [-0.2, 0) is 16.1 Å². The topological polar surface area (TPSA) is 69.1 Å². The van der Waals surface area contributed by atoms with Crippen LogP contribution in [0.5, 0.6) is 0 Å². The molecule has 3 rings (SSSR count). The number of esters is 1. The highest BCUT2D eigenvalue weighted by atomic mass is 19.1. The molecule has 0 saturated carbocycles. The molecular weight excluding hydrogens is 333 g/mol. The number of benzene rings is 2. The quantitative estimate of drug-likeness (QED) is 0.545. The number of rotatable bonds is 6. The number of hydrogen-bond acceptors (Lipinski definition) is 4. The number of nitrogen functional groups attached to an aromatic ring is 1. The molecule has 2 N–H and O–H groups in total. The minimum atomic E-state index is -0.296. The van der Waals surface area contributed by atoms with E-state index in [0.29, 0.717) is 31.8 Å². The smallest absolute Gasteiger partial charge is 0.305 e.